The van der Waals surface area contributed by atoms with Crippen LogP contribution in [0.5, 0.6) is 0 Å². The molecule has 6 nitrogen and oxygen atoms in total. The molecule has 3 aromatic rings. The summed E-state index contributed by atoms with van der Waals surface area (Å²) in [6.07, 6.45) is 2.23. The van der Waals surface area contributed by atoms with E-state index in [1.165, 1.54) is 5.56 Å². The average Bonchev–Trinajstić information content (AvgIpc) is 2.89. The van der Waals surface area contributed by atoms with Gasteiger partial charge in [-0.1, -0.05) is 69.3 Å². The molecule has 4 rings (SSSR count). The van der Waals surface area contributed by atoms with Gasteiger partial charge in [0.1, 0.15) is 0 Å². The van der Waals surface area contributed by atoms with Crippen molar-refractivity contribution in [1.29, 1.82) is 0 Å². The van der Waals surface area contributed by atoms with Crippen molar-refractivity contribution in [2.45, 2.75) is 45.4 Å². The number of carbonyl (C=O) groups is 2. The van der Waals surface area contributed by atoms with Gasteiger partial charge >= 0.3 is 6.03 Å². The van der Waals surface area contributed by atoms with E-state index in [1.807, 2.05) is 65.6 Å². The number of carbonyl (C=O) groups excluding carboxylic acids is 2. The summed E-state index contributed by atoms with van der Waals surface area (Å²) in [6.45, 7) is 9.30. The topological polar surface area (TPSA) is 64.7 Å². The highest BCUT2D eigenvalue weighted by Gasteiger charge is 2.24. The Kier molecular flexibility index (Phi) is 8.49. The minimum absolute atomic E-state index is 0.0383. The highest BCUT2D eigenvalue weighted by Crippen LogP contribution is 2.29. The SMILES string of the molecule is CC(C)(C)c1ccccc1NC(=O)N1CCN(c2ccc(NC(=O)CCCc3ccccc3)cc2)CC1. The Morgan fingerprint density at radius 3 is 2.11 bits per heavy atom. The molecule has 6 heteroatoms. The van der Waals surface area contributed by atoms with E-state index in [4.69, 9.17) is 0 Å². The second-order valence-corrected chi connectivity index (χ2v) is 10.6. The first kappa shape index (κ1) is 26.3. The molecule has 1 aliphatic rings. The fourth-order valence-corrected chi connectivity index (χ4v) is 4.68. The highest BCUT2D eigenvalue weighted by molar-refractivity contribution is 5.91. The van der Waals surface area contributed by atoms with Crippen molar-refractivity contribution in [3.05, 3.63) is 90.0 Å². The molecule has 0 spiro atoms. The molecular weight excluding hydrogens is 460 g/mol. The number of nitrogens with zero attached hydrogens (tertiary/aromatic N) is 2. The second-order valence-electron chi connectivity index (χ2n) is 10.6. The van der Waals surface area contributed by atoms with E-state index in [2.05, 4.69) is 54.5 Å². The molecule has 0 aliphatic carbocycles. The monoisotopic (exact) mass is 498 g/mol. The molecule has 0 atom stereocenters. The van der Waals surface area contributed by atoms with Crippen LogP contribution < -0.4 is 15.5 Å². The molecule has 0 radical (unpaired) electrons. The Labute approximate surface area is 220 Å². The van der Waals surface area contributed by atoms with Gasteiger partial charge in [0.2, 0.25) is 5.91 Å². The van der Waals surface area contributed by atoms with Gasteiger partial charge in [-0.2, -0.15) is 0 Å². The maximum Gasteiger partial charge on any atom is 0.321 e. The van der Waals surface area contributed by atoms with Crippen LogP contribution in [0.3, 0.4) is 0 Å². The number of amides is 3. The largest absolute Gasteiger partial charge is 0.368 e. The third-order valence-corrected chi connectivity index (χ3v) is 6.77. The van der Waals surface area contributed by atoms with Crippen molar-refractivity contribution in [2.24, 2.45) is 0 Å². The van der Waals surface area contributed by atoms with Crippen LogP contribution in [0.1, 0.15) is 44.7 Å². The number of nitrogens with one attached hydrogen (secondary N) is 2. The van der Waals surface area contributed by atoms with Crippen LogP contribution in [0, 0.1) is 0 Å². The normalized spacial score (nSPS) is 13.8. The number of piperazine rings is 1. The quantitative estimate of drug-likeness (QED) is 0.402. The smallest absolute Gasteiger partial charge is 0.321 e. The van der Waals surface area contributed by atoms with Crippen molar-refractivity contribution < 1.29 is 9.59 Å². The third kappa shape index (κ3) is 7.35. The van der Waals surface area contributed by atoms with Gasteiger partial charge < -0.3 is 20.4 Å². The number of benzene rings is 3. The van der Waals surface area contributed by atoms with Gasteiger partial charge in [0.05, 0.1) is 0 Å². The molecule has 2 N–H and O–H groups in total. The summed E-state index contributed by atoms with van der Waals surface area (Å²) in [4.78, 5) is 29.4. The van der Waals surface area contributed by atoms with E-state index in [1.54, 1.807) is 0 Å². The number of hydrogen-bond donors (Lipinski definition) is 2. The van der Waals surface area contributed by atoms with Gasteiger partial charge in [-0.05, 0) is 59.7 Å². The standard InChI is InChI=1S/C31H38N4O2/c1-31(2,3)27-13-7-8-14-28(27)33-30(37)35-22-20-34(21-23-35)26-18-16-25(17-19-26)32-29(36)15-9-12-24-10-5-4-6-11-24/h4-8,10-11,13-14,16-19H,9,12,15,20-23H2,1-3H3,(H,32,36)(H,33,37). The second kappa shape index (κ2) is 12.0. The van der Waals surface area contributed by atoms with Crippen molar-refractivity contribution in [2.75, 3.05) is 41.7 Å². The summed E-state index contributed by atoms with van der Waals surface area (Å²) in [6, 6.07) is 26.2. The summed E-state index contributed by atoms with van der Waals surface area (Å²) in [5.41, 5.74) is 5.12. The van der Waals surface area contributed by atoms with Gasteiger partial charge in [-0.3, -0.25) is 4.79 Å². The maximum atomic E-state index is 12.9. The van der Waals surface area contributed by atoms with E-state index in [0.29, 0.717) is 19.5 Å². The minimum Gasteiger partial charge on any atom is -0.368 e. The lowest BCUT2D eigenvalue weighted by atomic mass is 9.86. The van der Waals surface area contributed by atoms with Gasteiger partial charge in [-0.15, -0.1) is 0 Å². The van der Waals surface area contributed by atoms with E-state index in [0.717, 1.165) is 48.6 Å². The Morgan fingerprint density at radius 1 is 0.784 bits per heavy atom. The molecule has 0 aromatic heterocycles. The van der Waals surface area contributed by atoms with Gasteiger partial charge in [-0.25, -0.2) is 4.79 Å². The van der Waals surface area contributed by atoms with E-state index >= 15 is 0 Å². The fourth-order valence-electron chi connectivity index (χ4n) is 4.68. The van der Waals surface area contributed by atoms with Gasteiger partial charge in [0.15, 0.2) is 0 Å². The molecule has 3 amide bonds. The lowest BCUT2D eigenvalue weighted by molar-refractivity contribution is -0.116. The number of para-hydroxylation sites is 1. The lowest BCUT2D eigenvalue weighted by Gasteiger charge is -2.36. The molecule has 1 heterocycles. The van der Waals surface area contributed by atoms with E-state index in [-0.39, 0.29) is 17.4 Å². The zero-order valence-corrected chi connectivity index (χ0v) is 22.2. The molecule has 0 unspecified atom stereocenters. The molecule has 1 aliphatic heterocycles. The number of rotatable bonds is 7. The van der Waals surface area contributed by atoms with E-state index < -0.39 is 0 Å². The van der Waals surface area contributed by atoms with Crippen LogP contribution in [-0.4, -0.2) is 43.0 Å². The van der Waals surface area contributed by atoms with Gasteiger partial charge in [0.25, 0.3) is 0 Å². The first-order chi connectivity index (χ1) is 17.8. The van der Waals surface area contributed by atoms with Crippen LogP contribution in [0.4, 0.5) is 21.9 Å². The first-order valence-corrected chi connectivity index (χ1v) is 13.1. The van der Waals surface area contributed by atoms with Crippen molar-refractivity contribution >= 4 is 29.0 Å². The molecule has 3 aromatic carbocycles. The zero-order chi connectivity index (χ0) is 26.3. The Bertz CT molecular complexity index is 1180. The van der Waals surface area contributed by atoms with Crippen LogP contribution in [0.15, 0.2) is 78.9 Å². The molecular formula is C31H38N4O2. The van der Waals surface area contributed by atoms with Crippen LogP contribution in [0.2, 0.25) is 0 Å². The molecule has 194 valence electrons. The molecule has 37 heavy (non-hydrogen) atoms. The van der Waals surface area contributed by atoms with Crippen molar-refractivity contribution in [3.63, 3.8) is 0 Å². The first-order valence-electron chi connectivity index (χ1n) is 13.1. The summed E-state index contributed by atoms with van der Waals surface area (Å²) < 4.78 is 0. The number of aryl methyl sites for hydroxylation is 1. The summed E-state index contributed by atoms with van der Waals surface area (Å²) in [7, 11) is 0. The summed E-state index contributed by atoms with van der Waals surface area (Å²) in [5.74, 6) is 0.0383. The molecule has 1 saturated heterocycles. The number of hydrogen-bond acceptors (Lipinski definition) is 3. The van der Waals surface area contributed by atoms with Crippen LogP contribution in [-0.2, 0) is 16.6 Å². The Hall–Kier alpha value is -3.80. The Balaban J connectivity index is 1.23. The summed E-state index contributed by atoms with van der Waals surface area (Å²) >= 11 is 0. The van der Waals surface area contributed by atoms with Crippen LogP contribution in [0.25, 0.3) is 0 Å². The molecule has 1 fully saturated rings. The average molecular weight is 499 g/mol. The van der Waals surface area contributed by atoms with Crippen molar-refractivity contribution in [3.8, 4) is 0 Å². The minimum atomic E-state index is -0.0540. The predicted octanol–water partition coefficient (Wildman–Crippen LogP) is 6.30. The van der Waals surface area contributed by atoms with E-state index in [9.17, 15) is 9.59 Å². The Morgan fingerprint density at radius 2 is 1.43 bits per heavy atom. The zero-order valence-electron chi connectivity index (χ0n) is 22.2. The predicted molar refractivity (Wildman–Crippen MR) is 152 cm³/mol. The van der Waals surface area contributed by atoms with Gasteiger partial charge in [0, 0.05) is 49.7 Å². The third-order valence-electron chi connectivity index (χ3n) is 6.77. The molecule has 0 bridgehead atoms. The van der Waals surface area contributed by atoms with Crippen molar-refractivity contribution in [1.82, 2.24) is 4.90 Å². The lowest BCUT2D eigenvalue weighted by Crippen LogP contribution is -2.50. The van der Waals surface area contributed by atoms with Crippen LogP contribution >= 0.6 is 0 Å². The fraction of sp³-hybridized carbons (Fsp3) is 0.355. The number of urea groups is 1. The number of anilines is 3. The highest BCUT2D eigenvalue weighted by atomic mass is 16.2. The maximum absolute atomic E-state index is 12.9. The summed E-state index contributed by atoms with van der Waals surface area (Å²) in [5, 5.41) is 6.12. The molecule has 0 saturated carbocycles.